The summed E-state index contributed by atoms with van der Waals surface area (Å²) in [5, 5.41) is 3.16. The Kier molecular flexibility index (Phi) is 6.76. The average Bonchev–Trinajstić information content (AvgIpc) is 2.94. The first-order chi connectivity index (χ1) is 17.7. The topological polar surface area (TPSA) is 77.8 Å². The van der Waals surface area contributed by atoms with Crippen molar-refractivity contribution in [3.05, 3.63) is 125 Å². The molecular formula is C30H23NO5. The number of rotatable bonds is 8. The van der Waals surface area contributed by atoms with Crippen molar-refractivity contribution >= 4 is 16.9 Å². The van der Waals surface area contributed by atoms with Crippen molar-refractivity contribution in [3.8, 4) is 28.4 Å². The van der Waals surface area contributed by atoms with E-state index in [0.717, 1.165) is 16.7 Å². The van der Waals surface area contributed by atoms with Crippen LogP contribution >= 0.6 is 0 Å². The molecule has 178 valence electrons. The lowest BCUT2D eigenvalue weighted by Crippen LogP contribution is -2.28. The molecule has 0 spiro atoms. The van der Waals surface area contributed by atoms with Gasteiger partial charge in [-0.05, 0) is 41.0 Å². The molecule has 0 fully saturated rings. The maximum absolute atomic E-state index is 12.9. The Hall–Kier alpha value is -4.84. The van der Waals surface area contributed by atoms with Gasteiger partial charge in [-0.1, -0.05) is 72.8 Å². The monoisotopic (exact) mass is 477 g/mol. The normalized spacial score (nSPS) is 10.7. The van der Waals surface area contributed by atoms with E-state index in [9.17, 15) is 9.59 Å². The van der Waals surface area contributed by atoms with Gasteiger partial charge in [0.05, 0.1) is 5.39 Å². The van der Waals surface area contributed by atoms with E-state index in [2.05, 4.69) is 5.32 Å². The van der Waals surface area contributed by atoms with E-state index in [1.165, 1.54) is 6.26 Å². The molecule has 0 bridgehead atoms. The number of amides is 1. The highest BCUT2D eigenvalue weighted by Crippen LogP contribution is 2.26. The molecule has 1 heterocycles. The maximum Gasteiger partial charge on any atom is 0.258 e. The second kappa shape index (κ2) is 10.6. The summed E-state index contributed by atoms with van der Waals surface area (Å²) in [6.07, 6.45) is 1.28. The molecule has 1 aromatic heterocycles. The second-order valence-corrected chi connectivity index (χ2v) is 8.13. The molecule has 1 N–H and O–H groups in total. The van der Waals surface area contributed by atoms with Crippen LogP contribution in [0, 0.1) is 0 Å². The van der Waals surface area contributed by atoms with Crippen LogP contribution in [0.1, 0.15) is 5.56 Å². The number of hydrogen-bond donors (Lipinski definition) is 1. The number of fused-ring (bicyclic) bond motifs is 1. The Morgan fingerprint density at radius 1 is 0.778 bits per heavy atom. The molecule has 0 aliphatic rings. The van der Waals surface area contributed by atoms with Crippen LogP contribution in [0.5, 0.6) is 17.2 Å². The molecule has 0 saturated heterocycles. The molecule has 0 unspecified atom stereocenters. The maximum atomic E-state index is 12.9. The summed E-state index contributed by atoms with van der Waals surface area (Å²) in [4.78, 5) is 25.0. The molecular weight excluding hydrogens is 454 g/mol. The van der Waals surface area contributed by atoms with E-state index in [4.69, 9.17) is 13.9 Å². The third kappa shape index (κ3) is 5.45. The van der Waals surface area contributed by atoms with E-state index in [1.54, 1.807) is 18.2 Å². The van der Waals surface area contributed by atoms with Gasteiger partial charge < -0.3 is 19.2 Å². The molecule has 36 heavy (non-hydrogen) atoms. The number of ether oxygens (including phenoxy) is 2. The summed E-state index contributed by atoms with van der Waals surface area (Å²) in [7, 11) is 0. The van der Waals surface area contributed by atoms with Crippen LogP contribution in [0.15, 0.2) is 119 Å². The van der Waals surface area contributed by atoms with Gasteiger partial charge in [-0.25, -0.2) is 0 Å². The minimum Gasteiger partial charge on any atom is -0.484 e. The fourth-order valence-electron chi connectivity index (χ4n) is 3.72. The van der Waals surface area contributed by atoms with Gasteiger partial charge in [-0.2, -0.15) is 0 Å². The molecule has 4 aromatic carbocycles. The summed E-state index contributed by atoms with van der Waals surface area (Å²) < 4.78 is 17.0. The SMILES string of the molecule is O=C(COc1ccc2c(=O)c(Oc3ccc(-c4ccccc4)cc3)coc2c1)NCc1ccccc1. The van der Waals surface area contributed by atoms with E-state index in [1.807, 2.05) is 84.9 Å². The van der Waals surface area contributed by atoms with Gasteiger partial charge in [0.2, 0.25) is 11.2 Å². The predicted molar refractivity (Wildman–Crippen MR) is 138 cm³/mol. The average molecular weight is 478 g/mol. The van der Waals surface area contributed by atoms with Crippen LogP contribution in [-0.2, 0) is 11.3 Å². The fourth-order valence-corrected chi connectivity index (χ4v) is 3.72. The summed E-state index contributed by atoms with van der Waals surface area (Å²) >= 11 is 0. The van der Waals surface area contributed by atoms with Gasteiger partial charge in [0.25, 0.3) is 5.91 Å². The Morgan fingerprint density at radius 3 is 2.19 bits per heavy atom. The van der Waals surface area contributed by atoms with E-state index in [-0.39, 0.29) is 23.7 Å². The van der Waals surface area contributed by atoms with Gasteiger partial charge >= 0.3 is 0 Å². The van der Waals surface area contributed by atoms with Gasteiger partial charge in [0.15, 0.2) is 6.61 Å². The van der Waals surface area contributed by atoms with Crippen LogP contribution in [0.4, 0.5) is 0 Å². The minimum atomic E-state index is -0.296. The number of nitrogens with one attached hydrogen (secondary N) is 1. The third-order valence-electron chi connectivity index (χ3n) is 5.61. The summed E-state index contributed by atoms with van der Waals surface area (Å²) in [5.41, 5.74) is 3.20. The molecule has 6 heteroatoms. The fraction of sp³-hybridized carbons (Fsp3) is 0.0667. The number of carbonyl (C=O) groups excluding carboxylic acids is 1. The second-order valence-electron chi connectivity index (χ2n) is 8.13. The van der Waals surface area contributed by atoms with E-state index in [0.29, 0.717) is 29.0 Å². The molecule has 0 aliphatic carbocycles. The van der Waals surface area contributed by atoms with Crippen LogP contribution in [0.25, 0.3) is 22.1 Å². The number of carbonyl (C=O) groups is 1. The lowest BCUT2D eigenvalue weighted by molar-refractivity contribution is -0.123. The van der Waals surface area contributed by atoms with Crippen molar-refractivity contribution in [3.63, 3.8) is 0 Å². The first-order valence-corrected chi connectivity index (χ1v) is 11.5. The highest BCUT2D eigenvalue weighted by Gasteiger charge is 2.11. The van der Waals surface area contributed by atoms with Crippen molar-refractivity contribution in [2.24, 2.45) is 0 Å². The quantitative estimate of drug-likeness (QED) is 0.299. The predicted octanol–water partition coefficient (Wildman–Crippen LogP) is 5.95. The van der Waals surface area contributed by atoms with Crippen molar-refractivity contribution in [1.29, 1.82) is 0 Å². The molecule has 0 aliphatic heterocycles. The molecule has 0 saturated carbocycles. The first-order valence-electron chi connectivity index (χ1n) is 11.5. The van der Waals surface area contributed by atoms with E-state index >= 15 is 0 Å². The van der Waals surface area contributed by atoms with Crippen molar-refractivity contribution in [1.82, 2.24) is 5.32 Å². The van der Waals surface area contributed by atoms with Crippen LogP contribution in [0.2, 0.25) is 0 Å². The summed E-state index contributed by atoms with van der Waals surface area (Å²) in [6.45, 7) is 0.274. The van der Waals surface area contributed by atoms with Crippen molar-refractivity contribution in [2.45, 2.75) is 6.54 Å². The van der Waals surface area contributed by atoms with Crippen LogP contribution in [-0.4, -0.2) is 12.5 Å². The zero-order chi connectivity index (χ0) is 24.7. The van der Waals surface area contributed by atoms with Gasteiger partial charge in [-0.3, -0.25) is 9.59 Å². The molecule has 0 atom stereocenters. The zero-order valence-corrected chi connectivity index (χ0v) is 19.3. The summed E-state index contributed by atoms with van der Waals surface area (Å²) in [6, 6.07) is 31.9. The lowest BCUT2D eigenvalue weighted by Gasteiger charge is -2.09. The number of hydrogen-bond acceptors (Lipinski definition) is 5. The Balaban J connectivity index is 1.23. The molecule has 1 amide bonds. The van der Waals surface area contributed by atoms with Crippen molar-refractivity contribution < 1.29 is 18.7 Å². The summed E-state index contributed by atoms with van der Waals surface area (Å²) in [5.74, 6) is 0.792. The van der Waals surface area contributed by atoms with Gasteiger partial charge in [-0.15, -0.1) is 0 Å². The largest absolute Gasteiger partial charge is 0.484 e. The van der Waals surface area contributed by atoms with Gasteiger partial charge in [0.1, 0.15) is 23.3 Å². The minimum absolute atomic E-state index is 0.0870. The Labute approximate surface area is 207 Å². The van der Waals surface area contributed by atoms with Crippen LogP contribution < -0.4 is 20.2 Å². The number of benzene rings is 4. The Bertz CT molecular complexity index is 1530. The third-order valence-corrected chi connectivity index (χ3v) is 5.61. The molecule has 5 aromatic rings. The first kappa shape index (κ1) is 22.9. The Morgan fingerprint density at radius 2 is 1.44 bits per heavy atom. The highest BCUT2D eigenvalue weighted by atomic mass is 16.5. The van der Waals surface area contributed by atoms with E-state index < -0.39 is 0 Å². The van der Waals surface area contributed by atoms with Gasteiger partial charge in [0, 0.05) is 12.6 Å². The molecule has 0 radical (unpaired) electrons. The molecule has 6 nitrogen and oxygen atoms in total. The van der Waals surface area contributed by atoms with Crippen LogP contribution in [0.3, 0.4) is 0 Å². The molecule has 5 rings (SSSR count). The highest BCUT2D eigenvalue weighted by molar-refractivity contribution is 5.80. The van der Waals surface area contributed by atoms with Crippen molar-refractivity contribution in [2.75, 3.05) is 6.61 Å². The lowest BCUT2D eigenvalue weighted by atomic mass is 10.1. The zero-order valence-electron chi connectivity index (χ0n) is 19.3. The standard InChI is InChI=1S/C30H23NO5/c32-29(31-18-21-7-3-1-4-8-21)20-34-25-15-16-26-27(17-25)35-19-28(30(26)33)36-24-13-11-23(12-14-24)22-9-5-2-6-10-22/h1-17,19H,18,20H2,(H,31,32). The smallest absolute Gasteiger partial charge is 0.258 e.